The second-order valence-corrected chi connectivity index (χ2v) is 2.73. The first kappa shape index (κ1) is 7.72. The normalized spacial score (nSPS) is 10.2. The third-order valence-electron chi connectivity index (χ3n) is 1.62. The number of nitrogens with zero attached hydrogens (tertiary/aromatic N) is 3. The van der Waals surface area contributed by atoms with Gasteiger partial charge in [0.05, 0.1) is 18.1 Å². The molecule has 0 aromatic carbocycles. The number of hydrogen-bond acceptors (Lipinski definition) is 4. The molecule has 0 aliphatic heterocycles. The van der Waals surface area contributed by atoms with Gasteiger partial charge >= 0.3 is 0 Å². The zero-order valence-electron chi connectivity index (χ0n) is 7.15. The van der Waals surface area contributed by atoms with Gasteiger partial charge in [0.15, 0.2) is 5.82 Å². The lowest BCUT2D eigenvalue weighted by molar-refractivity contribution is 1.10. The molecule has 2 aromatic heterocycles. The molecular weight excluding hydrogens is 166 g/mol. The van der Waals surface area contributed by atoms with E-state index in [0.717, 1.165) is 5.69 Å². The van der Waals surface area contributed by atoms with E-state index in [2.05, 4.69) is 19.9 Å². The minimum absolute atomic E-state index is 0.525. The summed E-state index contributed by atoms with van der Waals surface area (Å²) in [5.41, 5.74) is 7.05. The number of nitrogens with one attached hydrogen (secondary N) is 1. The molecule has 66 valence electrons. The number of anilines is 1. The standard InChI is InChI=1S/C8H9N5/c1-5-2-11-6(3-10-5)8-12-4-7(9)13-8/h2-4H,9H2,1H3,(H,12,13). The summed E-state index contributed by atoms with van der Waals surface area (Å²) in [6.45, 7) is 1.88. The monoisotopic (exact) mass is 175 g/mol. The summed E-state index contributed by atoms with van der Waals surface area (Å²) < 4.78 is 0. The Morgan fingerprint density at radius 1 is 1.15 bits per heavy atom. The molecule has 0 saturated carbocycles. The number of imidazole rings is 1. The predicted molar refractivity (Wildman–Crippen MR) is 48.8 cm³/mol. The fourth-order valence-corrected chi connectivity index (χ4v) is 0.980. The first-order valence-electron chi connectivity index (χ1n) is 3.85. The lowest BCUT2D eigenvalue weighted by Gasteiger charge is -1.94. The SMILES string of the molecule is Cc1cnc(-c2ncc(N)[nH]2)cn1. The van der Waals surface area contributed by atoms with Crippen LogP contribution in [0.2, 0.25) is 0 Å². The summed E-state index contributed by atoms with van der Waals surface area (Å²) in [5, 5.41) is 0. The highest BCUT2D eigenvalue weighted by atomic mass is 15.0. The quantitative estimate of drug-likeness (QED) is 0.670. The third kappa shape index (κ3) is 1.48. The summed E-state index contributed by atoms with van der Waals surface area (Å²) in [6, 6.07) is 0. The van der Waals surface area contributed by atoms with Crippen molar-refractivity contribution in [2.24, 2.45) is 0 Å². The first-order valence-corrected chi connectivity index (χ1v) is 3.85. The molecule has 0 bridgehead atoms. The van der Waals surface area contributed by atoms with Gasteiger partial charge in [-0.05, 0) is 6.92 Å². The van der Waals surface area contributed by atoms with E-state index in [0.29, 0.717) is 17.3 Å². The molecule has 0 aliphatic rings. The van der Waals surface area contributed by atoms with Gasteiger partial charge in [-0.1, -0.05) is 0 Å². The van der Waals surface area contributed by atoms with Crippen molar-refractivity contribution in [3.8, 4) is 11.5 Å². The number of nitrogen functional groups attached to an aromatic ring is 1. The summed E-state index contributed by atoms with van der Waals surface area (Å²) in [4.78, 5) is 15.2. The molecule has 0 amide bonds. The van der Waals surface area contributed by atoms with Crippen LogP contribution in [-0.4, -0.2) is 19.9 Å². The second-order valence-electron chi connectivity index (χ2n) is 2.73. The number of hydrogen-bond donors (Lipinski definition) is 2. The van der Waals surface area contributed by atoms with Crippen molar-refractivity contribution >= 4 is 5.82 Å². The molecule has 2 heterocycles. The molecule has 13 heavy (non-hydrogen) atoms. The Morgan fingerprint density at radius 2 is 2.00 bits per heavy atom. The Bertz CT molecular complexity index is 403. The van der Waals surface area contributed by atoms with Crippen molar-refractivity contribution in [1.29, 1.82) is 0 Å². The smallest absolute Gasteiger partial charge is 0.159 e. The number of nitrogens with two attached hydrogens (primary N) is 1. The van der Waals surface area contributed by atoms with Gasteiger partial charge in [0, 0.05) is 6.20 Å². The second kappa shape index (κ2) is 2.85. The Kier molecular flexibility index (Phi) is 1.70. The minimum Gasteiger partial charge on any atom is -0.384 e. The van der Waals surface area contributed by atoms with E-state index in [-0.39, 0.29) is 0 Å². The summed E-state index contributed by atoms with van der Waals surface area (Å²) >= 11 is 0. The molecule has 0 fully saturated rings. The highest BCUT2D eigenvalue weighted by Crippen LogP contribution is 2.11. The van der Waals surface area contributed by atoms with E-state index in [4.69, 9.17) is 5.73 Å². The highest BCUT2D eigenvalue weighted by Gasteiger charge is 2.02. The van der Waals surface area contributed by atoms with Crippen LogP contribution in [0.1, 0.15) is 5.69 Å². The molecule has 3 N–H and O–H groups in total. The van der Waals surface area contributed by atoms with Crippen molar-refractivity contribution in [3.63, 3.8) is 0 Å². The van der Waals surface area contributed by atoms with Crippen LogP contribution >= 0.6 is 0 Å². The average Bonchev–Trinajstić information content (AvgIpc) is 2.53. The van der Waals surface area contributed by atoms with Crippen LogP contribution in [-0.2, 0) is 0 Å². The average molecular weight is 175 g/mol. The van der Waals surface area contributed by atoms with Crippen LogP contribution < -0.4 is 5.73 Å². The summed E-state index contributed by atoms with van der Waals surface area (Å²) in [7, 11) is 0. The Labute approximate surface area is 75.1 Å². The van der Waals surface area contributed by atoms with Gasteiger partial charge < -0.3 is 10.7 Å². The third-order valence-corrected chi connectivity index (χ3v) is 1.62. The number of H-pyrrole nitrogens is 1. The Balaban J connectivity index is 2.41. The molecule has 0 spiro atoms. The maximum atomic E-state index is 5.48. The van der Waals surface area contributed by atoms with Crippen molar-refractivity contribution in [2.45, 2.75) is 6.92 Å². The van der Waals surface area contributed by atoms with Crippen LogP contribution in [0.5, 0.6) is 0 Å². The fraction of sp³-hybridized carbons (Fsp3) is 0.125. The molecule has 2 aromatic rings. The zero-order chi connectivity index (χ0) is 9.26. The van der Waals surface area contributed by atoms with Gasteiger partial charge in [0.25, 0.3) is 0 Å². The number of aromatic nitrogens is 4. The van der Waals surface area contributed by atoms with E-state index < -0.39 is 0 Å². The Hall–Kier alpha value is -1.91. The molecule has 5 heteroatoms. The van der Waals surface area contributed by atoms with Crippen LogP contribution in [0.25, 0.3) is 11.5 Å². The number of aromatic amines is 1. The van der Waals surface area contributed by atoms with E-state index in [1.165, 1.54) is 0 Å². The van der Waals surface area contributed by atoms with Gasteiger partial charge in [-0.2, -0.15) is 0 Å². The van der Waals surface area contributed by atoms with Gasteiger partial charge in [0.2, 0.25) is 0 Å². The molecule has 0 aliphatic carbocycles. The minimum atomic E-state index is 0.525. The molecule has 0 saturated heterocycles. The maximum absolute atomic E-state index is 5.48. The van der Waals surface area contributed by atoms with Crippen LogP contribution in [0.3, 0.4) is 0 Å². The largest absolute Gasteiger partial charge is 0.384 e. The van der Waals surface area contributed by atoms with E-state index >= 15 is 0 Å². The lowest BCUT2D eigenvalue weighted by atomic mass is 10.4. The molecule has 5 nitrogen and oxygen atoms in total. The Morgan fingerprint density at radius 3 is 2.54 bits per heavy atom. The van der Waals surface area contributed by atoms with Gasteiger partial charge in [0.1, 0.15) is 11.5 Å². The van der Waals surface area contributed by atoms with E-state index in [1.54, 1.807) is 18.6 Å². The van der Waals surface area contributed by atoms with Gasteiger partial charge in [-0.25, -0.2) is 9.97 Å². The summed E-state index contributed by atoms with van der Waals surface area (Å²) in [6.07, 6.45) is 4.90. The van der Waals surface area contributed by atoms with Crippen LogP contribution in [0, 0.1) is 6.92 Å². The first-order chi connectivity index (χ1) is 6.25. The molecule has 0 radical (unpaired) electrons. The molecule has 2 rings (SSSR count). The fourth-order valence-electron chi connectivity index (χ4n) is 0.980. The van der Waals surface area contributed by atoms with E-state index in [1.807, 2.05) is 6.92 Å². The van der Waals surface area contributed by atoms with Crippen molar-refractivity contribution in [2.75, 3.05) is 5.73 Å². The van der Waals surface area contributed by atoms with Crippen molar-refractivity contribution in [1.82, 2.24) is 19.9 Å². The summed E-state index contributed by atoms with van der Waals surface area (Å²) in [5.74, 6) is 1.17. The lowest BCUT2D eigenvalue weighted by Crippen LogP contribution is -1.90. The number of aryl methyl sites for hydroxylation is 1. The molecule has 0 atom stereocenters. The predicted octanol–water partition coefficient (Wildman–Crippen LogP) is 0.757. The zero-order valence-corrected chi connectivity index (χ0v) is 7.15. The topological polar surface area (TPSA) is 80.5 Å². The maximum Gasteiger partial charge on any atom is 0.159 e. The van der Waals surface area contributed by atoms with Crippen molar-refractivity contribution < 1.29 is 0 Å². The van der Waals surface area contributed by atoms with Crippen LogP contribution in [0.15, 0.2) is 18.6 Å². The van der Waals surface area contributed by atoms with Crippen LogP contribution in [0.4, 0.5) is 5.82 Å². The van der Waals surface area contributed by atoms with Gasteiger partial charge in [-0.15, -0.1) is 0 Å². The van der Waals surface area contributed by atoms with Crippen molar-refractivity contribution in [3.05, 3.63) is 24.3 Å². The highest BCUT2D eigenvalue weighted by molar-refractivity contribution is 5.50. The van der Waals surface area contributed by atoms with Gasteiger partial charge in [-0.3, -0.25) is 4.98 Å². The number of rotatable bonds is 1. The van der Waals surface area contributed by atoms with E-state index in [9.17, 15) is 0 Å². The molecule has 0 unspecified atom stereocenters. The molecular formula is C8H9N5.